The van der Waals surface area contributed by atoms with E-state index in [0.717, 1.165) is 36.0 Å². The van der Waals surface area contributed by atoms with Gasteiger partial charge in [-0.15, -0.1) is 10.2 Å². The van der Waals surface area contributed by atoms with E-state index in [9.17, 15) is 4.79 Å². The standard InChI is InChI=1S/C19H25N5O2/c1-15-6-4-5-7-16(15)26-14-19(25)24-12-10-23(11-13-24)18-9-8-17(20-21-18)22(2)3/h4-9H,10-14H2,1-3H3. The van der Waals surface area contributed by atoms with Gasteiger partial charge in [0.25, 0.3) is 5.91 Å². The van der Waals surface area contributed by atoms with Crippen LogP contribution in [-0.4, -0.2) is 67.9 Å². The van der Waals surface area contributed by atoms with Crippen molar-refractivity contribution in [3.63, 3.8) is 0 Å². The van der Waals surface area contributed by atoms with Gasteiger partial charge in [0.1, 0.15) is 5.75 Å². The second kappa shape index (κ2) is 8.03. The van der Waals surface area contributed by atoms with Crippen molar-refractivity contribution >= 4 is 17.5 Å². The van der Waals surface area contributed by atoms with Crippen molar-refractivity contribution in [2.45, 2.75) is 6.92 Å². The number of hydrogen-bond acceptors (Lipinski definition) is 6. The minimum atomic E-state index is 0.0157. The molecule has 1 saturated heterocycles. The molecule has 138 valence electrons. The Labute approximate surface area is 154 Å². The molecule has 0 saturated carbocycles. The summed E-state index contributed by atoms with van der Waals surface area (Å²) in [6.07, 6.45) is 0. The maximum absolute atomic E-state index is 12.4. The fourth-order valence-corrected chi connectivity index (χ4v) is 2.86. The van der Waals surface area contributed by atoms with Crippen LogP contribution in [0.3, 0.4) is 0 Å². The Hall–Kier alpha value is -2.83. The molecule has 0 aliphatic carbocycles. The summed E-state index contributed by atoms with van der Waals surface area (Å²) in [6.45, 7) is 4.85. The van der Waals surface area contributed by atoms with Gasteiger partial charge < -0.3 is 19.4 Å². The van der Waals surface area contributed by atoms with Gasteiger partial charge in [0.05, 0.1) is 0 Å². The fourth-order valence-electron chi connectivity index (χ4n) is 2.86. The lowest BCUT2D eigenvalue weighted by molar-refractivity contribution is -0.133. The summed E-state index contributed by atoms with van der Waals surface area (Å²) < 4.78 is 5.67. The first-order chi connectivity index (χ1) is 12.5. The number of carbonyl (C=O) groups is 1. The third kappa shape index (κ3) is 4.22. The predicted octanol–water partition coefficient (Wildman–Crippen LogP) is 1.58. The van der Waals surface area contributed by atoms with Crippen LogP contribution in [0.2, 0.25) is 0 Å². The maximum atomic E-state index is 12.4. The Morgan fingerprint density at radius 1 is 1.08 bits per heavy atom. The van der Waals surface area contributed by atoms with E-state index in [4.69, 9.17) is 4.74 Å². The number of para-hydroxylation sites is 1. The average Bonchev–Trinajstić information content (AvgIpc) is 2.67. The molecule has 26 heavy (non-hydrogen) atoms. The summed E-state index contributed by atoms with van der Waals surface area (Å²) >= 11 is 0. The number of rotatable bonds is 5. The molecule has 0 unspecified atom stereocenters. The largest absolute Gasteiger partial charge is 0.484 e. The number of hydrogen-bond donors (Lipinski definition) is 0. The van der Waals surface area contributed by atoms with Crippen LogP contribution in [0.5, 0.6) is 5.75 Å². The number of ether oxygens (including phenoxy) is 1. The van der Waals surface area contributed by atoms with Crippen LogP contribution in [0, 0.1) is 6.92 Å². The topological polar surface area (TPSA) is 61.8 Å². The number of aryl methyl sites for hydroxylation is 1. The number of amides is 1. The van der Waals surface area contributed by atoms with Crippen molar-refractivity contribution in [2.75, 3.05) is 56.7 Å². The van der Waals surface area contributed by atoms with Crippen molar-refractivity contribution in [3.05, 3.63) is 42.0 Å². The normalized spacial score (nSPS) is 14.3. The number of anilines is 2. The van der Waals surface area contributed by atoms with E-state index < -0.39 is 0 Å². The van der Waals surface area contributed by atoms with E-state index in [-0.39, 0.29) is 12.5 Å². The van der Waals surface area contributed by atoms with Crippen LogP contribution in [0.25, 0.3) is 0 Å². The molecule has 0 atom stereocenters. The van der Waals surface area contributed by atoms with E-state index in [0.29, 0.717) is 13.1 Å². The zero-order valence-corrected chi connectivity index (χ0v) is 15.6. The molecule has 1 aliphatic heterocycles. The Morgan fingerprint density at radius 2 is 1.81 bits per heavy atom. The molecule has 0 N–H and O–H groups in total. The maximum Gasteiger partial charge on any atom is 0.260 e. The van der Waals surface area contributed by atoms with E-state index in [1.165, 1.54) is 0 Å². The molecule has 7 heteroatoms. The predicted molar refractivity (Wildman–Crippen MR) is 102 cm³/mol. The molecule has 0 spiro atoms. The highest BCUT2D eigenvalue weighted by atomic mass is 16.5. The zero-order valence-electron chi connectivity index (χ0n) is 15.6. The van der Waals surface area contributed by atoms with Gasteiger partial charge in [-0.1, -0.05) is 18.2 Å². The molecule has 1 fully saturated rings. The first-order valence-electron chi connectivity index (χ1n) is 8.77. The van der Waals surface area contributed by atoms with Crippen LogP contribution < -0.4 is 14.5 Å². The van der Waals surface area contributed by atoms with Gasteiger partial charge in [-0.25, -0.2) is 0 Å². The highest BCUT2D eigenvalue weighted by molar-refractivity contribution is 5.78. The van der Waals surface area contributed by atoms with Crippen molar-refractivity contribution < 1.29 is 9.53 Å². The van der Waals surface area contributed by atoms with Gasteiger partial charge >= 0.3 is 0 Å². The Morgan fingerprint density at radius 3 is 2.42 bits per heavy atom. The Kier molecular flexibility index (Phi) is 5.55. The van der Waals surface area contributed by atoms with Gasteiger partial charge in [-0.3, -0.25) is 4.79 Å². The minimum absolute atomic E-state index is 0.0157. The van der Waals surface area contributed by atoms with Gasteiger partial charge in [-0.05, 0) is 30.7 Å². The second-order valence-corrected chi connectivity index (χ2v) is 6.57. The molecule has 0 bridgehead atoms. The second-order valence-electron chi connectivity index (χ2n) is 6.57. The highest BCUT2D eigenvalue weighted by Gasteiger charge is 2.22. The third-order valence-corrected chi connectivity index (χ3v) is 4.50. The van der Waals surface area contributed by atoms with Crippen LogP contribution >= 0.6 is 0 Å². The number of nitrogens with zero attached hydrogens (tertiary/aromatic N) is 5. The van der Waals surface area contributed by atoms with Gasteiger partial charge in [-0.2, -0.15) is 0 Å². The smallest absolute Gasteiger partial charge is 0.260 e. The SMILES string of the molecule is Cc1ccccc1OCC(=O)N1CCN(c2ccc(N(C)C)nn2)CC1. The van der Waals surface area contributed by atoms with Gasteiger partial charge in [0.2, 0.25) is 0 Å². The van der Waals surface area contributed by atoms with Crippen LogP contribution in [0.15, 0.2) is 36.4 Å². The molecule has 1 amide bonds. The molecule has 2 heterocycles. The quantitative estimate of drug-likeness (QED) is 0.812. The molecular formula is C19H25N5O2. The Bertz CT molecular complexity index is 740. The molecule has 7 nitrogen and oxygen atoms in total. The fraction of sp³-hybridized carbons (Fsp3) is 0.421. The van der Waals surface area contributed by atoms with E-state index in [1.807, 2.05) is 67.2 Å². The van der Waals surface area contributed by atoms with Crippen molar-refractivity contribution in [1.29, 1.82) is 0 Å². The van der Waals surface area contributed by atoms with E-state index >= 15 is 0 Å². The highest BCUT2D eigenvalue weighted by Crippen LogP contribution is 2.17. The average molecular weight is 355 g/mol. The first kappa shape index (κ1) is 18.0. The molecule has 1 aromatic heterocycles. The molecule has 1 aromatic carbocycles. The molecule has 3 rings (SSSR count). The van der Waals surface area contributed by atoms with Crippen LogP contribution in [-0.2, 0) is 4.79 Å². The van der Waals surface area contributed by atoms with Crippen LogP contribution in [0.1, 0.15) is 5.56 Å². The molecule has 0 radical (unpaired) electrons. The van der Waals surface area contributed by atoms with Gasteiger partial charge in [0.15, 0.2) is 18.2 Å². The lowest BCUT2D eigenvalue weighted by Crippen LogP contribution is -2.50. The number of benzene rings is 1. The Balaban J connectivity index is 1.50. The number of aromatic nitrogens is 2. The minimum Gasteiger partial charge on any atom is -0.484 e. The summed E-state index contributed by atoms with van der Waals surface area (Å²) in [7, 11) is 3.88. The molecule has 2 aromatic rings. The third-order valence-electron chi connectivity index (χ3n) is 4.50. The van der Waals surface area contributed by atoms with Gasteiger partial charge in [0, 0.05) is 40.3 Å². The summed E-state index contributed by atoms with van der Waals surface area (Å²) in [5, 5.41) is 8.50. The number of carbonyl (C=O) groups excluding carboxylic acids is 1. The van der Waals surface area contributed by atoms with Crippen molar-refractivity contribution in [1.82, 2.24) is 15.1 Å². The number of piperazine rings is 1. The summed E-state index contributed by atoms with van der Waals surface area (Å²) in [5.41, 5.74) is 1.03. The molecular weight excluding hydrogens is 330 g/mol. The molecule has 1 aliphatic rings. The lowest BCUT2D eigenvalue weighted by atomic mass is 10.2. The van der Waals surface area contributed by atoms with E-state index in [1.54, 1.807) is 0 Å². The lowest BCUT2D eigenvalue weighted by Gasteiger charge is -2.35. The van der Waals surface area contributed by atoms with Crippen LogP contribution in [0.4, 0.5) is 11.6 Å². The summed E-state index contributed by atoms with van der Waals surface area (Å²) in [6, 6.07) is 11.7. The first-order valence-corrected chi connectivity index (χ1v) is 8.77. The summed E-state index contributed by atoms with van der Waals surface area (Å²) in [4.78, 5) is 18.3. The van der Waals surface area contributed by atoms with E-state index in [2.05, 4.69) is 15.1 Å². The summed E-state index contributed by atoms with van der Waals surface area (Å²) in [5.74, 6) is 2.45. The van der Waals surface area contributed by atoms with Crippen molar-refractivity contribution in [2.24, 2.45) is 0 Å². The zero-order chi connectivity index (χ0) is 18.5. The van der Waals surface area contributed by atoms with Crippen molar-refractivity contribution in [3.8, 4) is 5.75 Å². The monoisotopic (exact) mass is 355 g/mol.